The minimum Gasteiger partial charge on any atom is -0.462 e. The highest BCUT2D eigenvalue weighted by Gasteiger charge is 2.00. The Morgan fingerprint density at radius 1 is 1.33 bits per heavy atom. The number of hydrogen-bond donors (Lipinski definition) is 1. The van der Waals surface area contributed by atoms with E-state index < -0.39 is 0 Å². The first-order valence-corrected chi connectivity index (χ1v) is 7.15. The molecule has 0 aromatic heterocycles. The van der Waals surface area contributed by atoms with Gasteiger partial charge in [0.2, 0.25) is 5.91 Å². The summed E-state index contributed by atoms with van der Waals surface area (Å²) in [5, 5.41) is 2.51. The number of nitrogens with one attached hydrogen (secondary N) is 1. The summed E-state index contributed by atoms with van der Waals surface area (Å²) in [5.41, 5.74) is 0.469. The Morgan fingerprint density at radius 3 is 2.38 bits per heavy atom. The molecule has 0 rings (SSSR count). The predicted molar refractivity (Wildman–Crippen MR) is 84.7 cm³/mol. The maximum atomic E-state index is 10.7. The van der Waals surface area contributed by atoms with Crippen LogP contribution in [0.5, 0.6) is 0 Å². The highest BCUT2D eigenvalue weighted by molar-refractivity contribution is 5.87. The van der Waals surface area contributed by atoms with Crippen molar-refractivity contribution in [2.45, 2.75) is 40.5 Å². The van der Waals surface area contributed by atoms with Crippen molar-refractivity contribution < 1.29 is 19.1 Å². The molecule has 0 fully saturated rings. The van der Waals surface area contributed by atoms with Crippen molar-refractivity contribution in [3.63, 3.8) is 0 Å². The van der Waals surface area contributed by atoms with E-state index in [1.165, 1.54) is 6.08 Å². The van der Waals surface area contributed by atoms with E-state index in [4.69, 9.17) is 9.47 Å². The van der Waals surface area contributed by atoms with Crippen LogP contribution in [0.2, 0.25) is 0 Å². The number of ether oxygens (including phenoxy) is 2. The van der Waals surface area contributed by atoms with Crippen LogP contribution in [-0.4, -0.2) is 31.8 Å². The van der Waals surface area contributed by atoms with Crippen LogP contribution in [0.3, 0.4) is 0 Å². The molecule has 0 atom stereocenters. The molecule has 0 aromatic carbocycles. The van der Waals surface area contributed by atoms with Gasteiger partial charge in [-0.1, -0.05) is 40.3 Å². The summed E-state index contributed by atoms with van der Waals surface area (Å²) in [7, 11) is 0. The molecule has 0 aliphatic rings. The van der Waals surface area contributed by atoms with Gasteiger partial charge < -0.3 is 14.8 Å². The molecule has 0 radical (unpaired) electrons. The molecule has 0 unspecified atom stereocenters. The molecular formula is C16H29NO4. The van der Waals surface area contributed by atoms with Crippen molar-refractivity contribution in [2.24, 2.45) is 5.92 Å². The van der Waals surface area contributed by atoms with Gasteiger partial charge in [-0.2, -0.15) is 0 Å². The van der Waals surface area contributed by atoms with E-state index >= 15 is 0 Å². The summed E-state index contributed by atoms with van der Waals surface area (Å²) in [5.74, 6) is 0.0119. The Morgan fingerprint density at radius 2 is 1.95 bits per heavy atom. The van der Waals surface area contributed by atoms with Crippen LogP contribution < -0.4 is 5.32 Å². The zero-order valence-electron chi connectivity index (χ0n) is 13.7. The standard InChI is InChI=1S/C8H15NO2.C8H14O2/c1-4-8(10)9-6-11-5-7(2)3;1-4-5-6-10-8(9)7(2)3/h4,7H,1,5-6H2,2-3H3,(H,9,10);2,4-6H2,1,3H3. The lowest BCUT2D eigenvalue weighted by atomic mass is 10.2. The molecule has 0 aromatic rings. The largest absolute Gasteiger partial charge is 0.462 e. The molecule has 5 nitrogen and oxygen atoms in total. The molecule has 0 bridgehead atoms. The van der Waals surface area contributed by atoms with E-state index in [-0.39, 0.29) is 18.6 Å². The Hall–Kier alpha value is -1.62. The molecular weight excluding hydrogens is 270 g/mol. The summed E-state index contributed by atoms with van der Waals surface area (Å²) in [4.78, 5) is 21.2. The first-order valence-electron chi connectivity index (χ1n) is 7.15. The third kappa shape index (κ3) is 18.4. The molecule has 122 valence electrons. The van der Waals surface area contributed by atoms with Gasteiger partial charge in [0, 0.05) is 5.57 Å². The Bertz CT molecular complexity index is 324. The maximum absolute atomic E-state index is 10.7. The first-order chi connectivity index (χ1) is 9.84. The topological polar surface area (TPSA) is 64.6 Å². The Kier molecular flexibility index (Phi) is 15.3. The summed E-state index contributed by atoms with van der Waals surface area (Å²) in [6.07, 6.45) is 3.20. The van der Waals surface area contributed by atoms with E-state index in [2.05, 4.69) is 39.2 Å². The fourth-order valence-electron chi connectivity index (χ4n) is 0.921. The third-order valence-electron chi connectivity index (χ3n) is 2.06. The number of unbranched alkanes of at least 4 members (excludes halogenated alkanes) is 1. The molecule has 0 saturated heterocycles. The van der Waals surface area contributed by atoms with Crippen molar-refractivity contribution in [1.82, 2.24) is 5.32 Å². The highest BCUT2D eigenvalue weighted by Crippen LogP contribution is 1.94. The van der Waals surface area contributed by atoms with Gasteiger partial charge in [-0.25, -0.2) is 4.79 Å². The minimum atomic E-state index is -0.284. The fourth-order valence-corrected chi connectivity index (χ4v) is 0.921. The minimum absolute atomic E-state index is 0.200. The van der Waals surface area contributed by atoms with Gasteiger partial charge in [-0.05, 0) is 25.3 Å². The van der Waals surface area contributed by atoms with Crippen molar-refractivity contribution in [3.05, 3.63) is 24.8 Å². The van der Waals surface area contributed by atoms with Gasteiger partial charge in [0.05, 0.1) is 13.2 Å². The van der Waals surface area contributed by atoms with Gasteiger partial charge in [-0.15, -0.1) is 0 Å². The lowest BCUT2D eigenvalue weighted by molar-refractivity contribution is -0.139. The lowest BCUT2D eigenvalue weighted by Crippen LogP contribution is -2.24. The summed E-state index contributed by atoms with van der Waals surface area (Å²) in [6, 6.07) is 0. The molecule has 0 spiro atoms. The SMILES string of the molecule is C=C(C)C(=O)OCCCC.C=CC(=O)NCOCC(C)C. The van der Waals surface area contributed by atoms with Crippen molar-refractivity contribution in [3.8, 4) is 0 Å². The first kappa shape index (κ1) is 21.7. The monoisotopic (exact) mass is 299 g/mol. The maximum Gasteiger partial charge on any atom is 0.333 e. The van der Waals surface area contributed by atoms with Crippen LogP contribution in [0.1, 0.15) is 40.5 Å². The number of carbonyl (C=O) groups excluding carboxylic acids is 2. The third-order valence-corrected chi connectivity index (χ3v) is 2.06. The molecule has 1 amide bonds. The summed E-state index contributed by atoms with van der Waals surface area (Å²) in [6.45, 7) is 16.0. The number of rotatable bonds is 9. The van der Waals surface area contributed by atoms with Crippen molar-refractivity contribution in [1.29, 1.82) is 0 Å². The van der Waals surface area contributed by atoms with Crippen LogP contribution in [-0.2, 0) is 19.1 Å². The number of hydrogen-bond acceptors (Lipinski definition) is 4. The van der Waals surface area contributed by atoms with E-state index in [1.54, 1.807) is 6.92 Å². The second-order valence-electron chi connectivity index (χ2n) is 4.92. The molecule has 1 N–H and O–H groups in total. The Labute approximate surface area is 128 Å². The molecule has 0 heterocycles. The van der Waals surface area contributed by atoms with Gasteiger partial charge in [0.25, 0.3) is 0 Å². The molecule has 21 heavy (non-hydrogen) atoms. The zero-order valence-corrected chi connectivity index (χ0v) is 13.7. The number of esters is 1. The number of amides is 1. The normalized spacial score (nSPS) is 9.38. The predicted octanol–water partition coefficient (Wildman–Crippen LogP) is 2.82. The second-order valence-corrected chi connectivity index (χ2v) is 4.92. The van der Waals surface area contributed by atoms with Crippen LogP contribution in [0, 0.1) is 5.92 Å². The summed E-state index contributed by atoms with van der Waals surface area (Å²) < 4.78 is 9.89. The van der Waals surface area contributed by atoms with Gasteiger partial charge in [0.1, 0.15) is 6.73 Å². The van der Waals surface area contributed by atoms with Gasteiger partial charge >= 0.3 is 5.97 Å². The molecule has 0 saturated carbocycles. The smallest absolute Gasteiger partial charge is 0.333 e. The van der Waals surface area contributed by atoms with Crippen LogP contribution >= 0.6 is 0 Å². The van der Waals surface area contributed by atoms with E-state index in [0.29, 0.717) is 24.7 Å². The molecule has 0 aliphatic heterocycles. The van der Waals surface area contributed by atoms with E-state index in [1.807, 2.05) is 0 Å². The van der Waals surface area contributed by atoms with E-state index in [9.17, 15) is 9.59 Å². The van der Waals surface area contributed by atoms with E-state index in [0.717, 1.165) is 12.8 Å². The summed E-state index contributed by atoms with van der Waals surface area (Å²) >= 11 is 0. The van der Waals surface area contributed by atoms with Gasteiger partial charge in [-0.3, -0.25) is 4.79 Å². The second kappa shape index (κ2) is 14.8. The number of carbonyl (C=O) groups is 2. The van der Waals surface area contributed by atoms with Crippen molar-refractivity contribution >= 4 is 11.9 Å². The van der Waals surface area contributed by atoms with Crippen LogP contribution in [0.15, 0.2) is 24.8 Å². The lowest BCUT2D eigenvalue weighted by Gasteiger charge is -2.06. The molecule has 0 aliphatic carbocycles. The Balaban J connectivity index is 0. The zero-order chi connectivity index (χ0) is 16.7. The van der Waals surface area contributed by atoms with Crippen LogP contribution in [0.4, 0.5) is 0 Å². The average Bonchev–Trinajstić information content (AvgIpc) is 2.43. The van der Waals surface area contributed by atoms with Crippen LogP contribution in [0.25, 0.3) is 0 Å². The van der Waals surface area contributed by atoms with Crippen molar-refractivity contribution in [2.75, 3.05) is 19.9 Å². The highest BCUT2D eigenvalue weighted by atomic mass is 16.5. The van der Waals surface area contributed by atoms with Gasteiger partial charge in [0.15, 0.2) is 0 Å². The molecule has 5 heteroatoms. The fraction of sp³-hybridized carbons (Fsp3) is 0.625. The quantitative estimate of drug-likeness (QED) is 0.308. The average molecular weight is 299 g/mol.